The lowest BCUT2D eigenvalue weighted by Crippen LogP contribution is -2.41. The Kier molecular flexibility index (Phi) is 7.84. The van der Waals surface area contributed by atoms with E-state index in [1.54, 1.807) is 0 Å². The van der Waals surface area contributed by atoms with Crippen LogP contribution >= 0.6 is 12.4 Å². The Morgan fingerprint density at radius 3 is 2.30 bits per heavy atom. The van der Waals surface area contributed by atoms with Gasteiger partial charge in [-0.15, -0.1) is 12.4 Å². The number of hydrogen-bond acceptors (Lipinski definition) is 2. The fourth-order valence-electron chi connectivity index (χ4n) is 2.37. The number of hydrogen-bond donors (Lipinski definition) is 2. The van der Waals surface area contributed by atoms with Crippen molar-refractivity contribution in [3.63, 3.8) is 0 Å². The summed E-state index contributed by atoms with van der Waals surface area (Å²) in [5.41, 5.74) is 6.78. The molecule has 0 fully saturated rings. The molecule has 0 spiro atoms. The molecule has 1 amide bonds. The van der Waals surface area contributed by atoms with Gasteiger partial charge in [0.1, 0.15) is 0 Å². The first kappa shape index (κ1) is 18.9. The van der Waals surface area contributed by atoms with E-state index in [4.69, 9.17) is 5.73 Å². The van der Waals surface area contributed by atoms with Crippen molar-refractivity contribution >= 4 is 18.3 Å². The van der Waals surface area contributed by atoms with Gasteiger partial charge in [-0.2, -0.15) is 0 Å². The van der Waals surface area contributed by atoms with E-state index < -0.39 is 0 Å². The average molecular weight is 299 g/mol. The largest absolute Gasteiger partial charge is 0.354 e. The number of amides is 1. The van der Waals surface area contributed by atoms with Crippen molar-refractivity contribution in [2.45, 2.75) is 40.2 Å². The fourth-order valence-corrected chi connectivity index (χ4v) is 2.37. The Morgan fingerprint density at radius 1 is 1.25 bits per heavy atom. The summed E-state index contributed by atoms with van der Waals surface area (Å²) in [7, 11) is 0. The highest BCUT2D eigenvalue weighted by Gasteiger charge is 2.28. The van der Waals surface area contributed by atoms with Crippen molar-refractivity contribution in [1.29, 1.82) is 0 Å². The lowest BCUT2D eigenvalue weighted by atomic mass is 9.83. The molecule has 0 heterocycles. The van der Waals surface area contributed by atoms with Crippen LogP contribution in [0.25, 0.3) is 0 Å². The van der Waals surface area contributed by atoms with Gasteiger partial charge < -0.3 is 11.1 Å². The molecular weight excluding hydrogens is 272 g/mol. The molecule has 1 unspecified atom stereocenters. The minimum Gasteiger partial charge on any atom is -0.354 e. The summed E-state index contributed by atoms with van der Waals surface area (Å²) < 4.78 is 0. The molecular formula is C16H27ClN2O. The smallest absolute Gasteiger partial charge is 0.225 e. The summed E-state index contributed by atoms with van der Waals surface area (Å²) in [6.45, 7) is 8.70. The van der Waals surface area contributed by atoms with Crippen molar-refractivity contribution in [2.24, 2.45) is 17.1 Å². The van der Waals surface area contributed by atoms with Crippen LogP contribution in [0.2, 0.25) is 0 Å². The van der Waals surface area contributed by atoms with Gasteiger partial charge in [-0.25, -0.2) is 0 Å². The molecule has 1 atom stereocenters. The van der Waals surface area contributed by atoms with E-state index in [1.807, 2.05) is 44.2 Å². The lowest BCUT2D eigenvalue weighted by Gasteiger charge is -2.26. The minimum absolute atomic E-state index is 0. The SMILES string of the molecule is CC(C)CC(C)(C)C(=O)NCC(N)c1ccccc1.Cl. The molecule has 0 aliphatic rings. The summed E-state index contributed by atoms with van der Waals surface area (Å²) in [5.74, 6) is 0.580. The van der Waals surface area contributed by atoms with Gasteiger partial charge in [0, 0.05) is 18.0 Å². The van der Waals surface area contributed by atoms with Crippen molar-refractivity contribution < 1.29 is 4.79 Å². The second-order valence-corrected chi connectivity index (χ2v) is 6.21. The second-order valence-electron chi connectivity index (χ2n) is 6.21. The first-order chi connectivity index (χ1) is 8.83. The predicted octanol–water partition coefficient (Wildman–Crippen LogP) is 3.30. The van der Waals surface area contributed by atoms with E-state index in [1.165, 1.54) is 0 Å². The first-order valence-corrected chi connectivity index (χ1v) is 6.92. The van der Waals surface area contributed by atoms with Crippen LogP contribution in [-0.2, 0) is 4.79 Å². The Labute approximate surface area is 128 Å². The normalized spacial score (nSPS) is 12.7. The Bertz CT molecular complexity index is 404. The molecule has 1 rings (SSSR count). The van der Waals surface area contributed by atoms with Crippen LogP contribution in [0.1, 0.15) is 45.7 Å². The van der Waals surface area contributed by atoms with Gasteiger partial charge in [-0.1, -0.05) is 58.0 Å². The van der Waals surface area contributed by atoms with Crippen LogP contribution < -0.4 is 11.1 Å². The van der Waals surface area contributed by atoms with Crippen molar-refractivity contribution in [3.8, 4) is 0 Å². The highest BCUT2D eigenvalue weighted by molar-refractivity contribution is 5.85. The number of nitrogens with two attached hydrogens (primary N) is 1. The summed E-state index contributed by atoms with van der Waals surface area (Å²) in [6.07, 6.45) is 0.874. The Hall–Kier alpha value is -1.06. The maximum Gasteiger partial charge on any atom is 0.225 e. The third-order valence-electron chi connectivity index (χ3n) is 3.24. The zero-order valence-corrected chi connectivity index (χ0v) is 13.7. The number of rotatable bonds is 6. The first-order valence-electron chi connectivity index (χ1n) is 6.92. The molecule has 0 aliphatic carbocycles. The van der Waals surface area contributed by atoms with Crippen LogP contribution in [0, 0.1) is 11.3 Å². The van der Waals surface area contributed by atoms with Crippen LogP contribution in [0.15, 0.2) is 30.3 Å². The quantitative estimate of drug-likeness (QED) is 0.846. The zero-order chi connectivity index (χ0) is 14.5. The van der Waals surface area contributed by atoms with Crippen molar-refractivity contribution in [3.05, 3.63) is 35.9 Å². The maximum absolute atomic E-state index is 12.2. The van der Waals surface area contributed by atoms with Crippen molar-refractivity contribution in [2.75, 3.05) is 6.54 Å². The minimum atomic E-state index is -0.343. The van der Waals surface area contributed by atoms with E-state index in [2.05, 4.69) is 19.2 Å². The van der Waals surface area contributed by atoms with Gasteiger partial charge in [-0.3, -0.25) is 4.79 Å². The summed E-state index contributed by atoms with van der Waals surface area (Å²) >= 11 is 0. The van der Waals surface area contributed by atoms with E-state index in [-0.39, 0.29) is 29.8 Å². The van der Waals surface area contributed by atoms with Gasteiger partial charge in [0.25, 0.3) is 0 Å². The molecule has 0 aromatic heterocycles. The summed E-state index contributed by atoms with van der Waals surface area (Å²) in [4.78, 5) is 12.2. The highest BCUT2D eigenvalue weighted by Crippen LogP contribution is 2.25. The number of carbonyl (C=O) groups is 1. The van der Waals surface area contributed by atoms with E-state index in [0.29, 0.717) is 12.5 Å². The summed E-state index contributed by atoms with van der Waals surface area (Å²) in [5, 5.41) is 2.96. The third kappa shape index (κ3) is 5.93. The molecule has 1 aromatic rings. The van der Waals surface area contributed by atoms with Gasteiger partial charge >= 0.3 is 0 Å². The molecule has 0 saturated heterocycles. The number of nitrogens with one attached hydrogen (secondary N) is 1. The van der Waals surface area contributed by atoms with Gasteiger partial charge in [0.05, 0.1) is 0 Å². The number of halogens is 1. The monoisotopic (exact) mass is 298 g/mol. The molecule has 4 heteroatoms. The standard InChI is InChI=1S/C16H26N2O.ClH/c1-12(2)10-16(3,4)15(19)18-11-14(17)13-8-6-5-7-9-13;/h5-9,12,14H,10-11,17H2,1-4H3,(H,18,19);1H. The summed E-state index contributed by atoms with van der Waals surface area (Å²) in [6, 6.07) is 9.69. The molecule has 0 radical (unpaired) electrons. The topological polar surface area (TPSA) is 55.1 Å². The number of carbonyl (C=O) groups excluding carboxylic acids is 1. The van der Waals surface area contributed by atoms with Crippen LogP contribution in [0.5, 0.6) is 0 Å². The third-order valence-corrected chi connectivity index (χ3v) is 3.24. The molecule has 0 bridgehead atoms. The Balaban J connectivity index is 0.00000361. The van der Waals surface area contributed by atoms with Crippen molar-refractivity contribution in [1.82, 2.24) is 5.32 Å². The Morgan fingerprint density at radius 2 is 1.80 bits per heavy atom. The highest BCUT2D eigenvalue weighted by atomic mass is 35.5. The van der Waals surface area contributed by atoms with Gasteiger partial charge in [0.2, 0.25) is 5.91 Å². The van der Waals surface area contributed by atoms with E-state index in [9.17, 15) is 4.79 Å². The molecule has 3 N–H and O–H groups in total. The number of benzene rings is 1. The van der Waals surface area contributed by atoms with Crippen LogP contribution in [0.4, 0.5) is 0 Å². The molecule has 1 aromatic carbocycles. The molecule has 0 aliphatic heterocycles. The molecule has 0 saturated carbocycles. The van der Waals surface area contributed by atoms with E-state index >= 15 is 0 Å². The maximum atomic E-state index is 12.2. The molecule has 3 nitrogen and oxygen atoms in total. The van der Waals surface area contributed by atoms with Gasteiger partial charge in [-0.05, 0) is 17.9 Å². The lowest BCUT2D eigenvalue weighted by molar-refractivity contribution is -0.130. The molecule has 20 heavy (non-hydrogen) atoms. The van der Waals surface area contributed by atoms with Crippen LogP contribution in [0.3, 0.4) is 0 Å². The van der Waals surface area contributed by atoms with Gasteiger partial charge in [0.15, 0.2) is 0 Å². The average Bonchev–Trinajstić information content (AvgIpc) is 2.35. The zero-order valence-electron chi connectivity index (χ0n) is 12.8. The van der Waals surface area contributed by atoms with Crippen LogP contribution in [-0.4, -0.2) is 12.5 Å². The van der Waals surface area contributed by atoms with E-state index in [0.717, 1.165) is 12.0 Å². The molecule has 114 valence electrons. The predicted molar refractivity (Wildman–Crippen MR) is 86.9 cm³/mol. The fraction of sp³-hybridized carbons (Fsp3) is 0.562. The second kappa shape index (κ2) is 8.28.